The van der Waals surface area contributed by atoms with Crippen LogP contribution in [0.15, 0.2) is 39.0 Å². The first-order chi connectivity index (χ1) is 8.92. The molecular weight excluding hydrogens is 348 g/mol. The number of nitrogens with two attached hydrogens (primary N) is 1. The Morgan fingerprint density at radius 3 is 2.68 bits per heavy atom. The van der Waals surface area contributed by atoms with Crippen LogP contribution in [0.3, 0.4) is 0 Å². The van der Waals surface area contributed by atoms with E-state index >= 15 is 0 Å². The Balaban J connectivity index is 2.33. The Labute approximate surface area is 124 Å². The molecule has 0 aliphatic heterocycles. The number of hydrogen-bond donors (Lipinski definition) is 2. The fourth-order valence-electron chi connectivity index (χ4n) is 1.51. The number of halogens is 1. The molecule has 0 aliphatic rings. The maximum Gasteiger partial charge on any atom is 0.271 e. The van der Waals surface area contributed by atoms with Gasteiger partial charge in [0, 0.05) is 15.0 Å². The van der Waals surface area contributed by atoms with E-state index in [9.17, 15) is 8.42 Å². The summed E-state index contributed by atoms with van der Waals surface area (Å²) in [6.07, 6.45) is 0.822. The number of hydrogen-bond acceptors (Lipinski definition) is 4. The van der Waals surface area contributed by atoms with Crippen LogP contribution in [0.4, 0.5) is 11.4 Å². The zero-order valence-electron chi connectivity index (χ0n) is 10.2. The minimum absolute atomic E-state index is 0.304. The molecule has 0 atom stereocenters. The van der Waals surface area contributed by atoms with Crippen LogP contribution in [0.25, 0.3) is 0 Å². The summed E-state index contributed by atoms with van der Waals surface area (Å²) in [5.74, 6) is 0. The van der Waals surface area contributed by atoms with E-state index in [4.69, 9.17) is 5.73 Å². The molecule has 1 aromatic carbocycles. The van der Waals surface area contributed by atoms with Gasteiger partial charge < -0.3 is 5.73 Å². The van der Waals surface area contributed by atoms with Gasteiger partial charge >= 0.3 is 0 Å². The maximum atomic E-state index is 12.2. The first kappa shape index (κ1) is 14.4. The highest BCUT2D eigenvalue weighted by Crippen LogP contribution is 2.29. The van der Waals surface area contributed by atoms with Crippen LogP contribution < -0.4 is 10.5 Å². The Kier molecular flexibility index (Phi) is 4.17. The van der Waals surface area contributed by atoms with Crippen LogP contribution in [0, 0.1) is 0 Å². The van der Waals surface area contributed by atoms with Crippen molar-refractivity contribution in [2.24, 2.45) is 0 Å². The SMILES string of the molecule is CCc1ccc(S(=O)(=O)Nc2cc(N)ccc2Br)s1. The lowest BCUT2D eigenvalue weighted by Crippen LogP contribution is -2.12. The third-order valence-corrected chi connectivity index (χ3v) is 6.26. The lowest BCUT2D eigenvalue weighted by molar-refractivity contribution is 0.603. The number of anilines is 2. The normalized spacial score (nSPS) is 11.5. The second-order valence-corrected chi connectivity index (χ2v) is 7.85. The van der Waals surface area contributed by atoms with Gasteiger partial charge in [-0.3, -0.25) is 4.72 Å². The number of nitrogen functional groups attached to an aromatic ring is 1. The first-order valence-electron chi connectivity index (χ1n) is 5.59. The van der Waals surface area contributed by atoms with Crippen LogP contribution in [0.5, 0.6) is 0 Å². The second-order valence-electron chi connectivity index (χ2n) is 3.92. The van der Waals surface area contributed by atoms with Crippen LogP contribution >= 0.6 is 27.3 Å². The van der Waals surface area contributed by atoms with Crippen molar-refractivity contribution in [2.45, 2.75) is 17.6 Å². The standard InChI is InChI=1S/C12H13BrN2O2S2/c1-2-9-4-6-12(18-9)19(16,17)15-11-7-8(14)3-5-10(11)13/h3-7,15H,2,14H2,1H3. The fraction of sp³-hybridized carbons (Fsp3) is 0.167. The summed E-state index contributed by atoms with van der Waals surface area (Å²) in [5.41, 5.74) is 6.60. The molecule has 0 bridgehead atoms. The van der Waals surface area contributed by atoms with Crippen LogP contribution in [-0.4, -0.2) is 8.42 Å². The van der Waals surface area contributed by atoms with Gasteiger partial charge in [0.25, 0.3) is 10.0 Å². The third kappa shape index (κ3) is 3.29. The van der Waals surface area contributed by atoms with Gasteiger partial charge in [0.1, 0.15) is 4.21 Å². The molecule has 0 unspecified atom stereocenters. The number of sulfonamides is 1. The molecule has 1 heterocycles. The summed E-state index contributed by atoms with van der Waals surface area (Å²) in [5, 5.41) is 0. The lowest BCUT2D eigenvalue weighted by atomic mass is 10.3. The Morgan fingerprint density at radius 1 is 1.32 bits per heavy atom. The van der Waals surface area contributed by atoms with Gasteiger partial charge in [-0.05, 0) is 52.7 Å². The summed E-state index contributed by atoms with van der Waals surface area (Å²) in [4.78, 5) is 1.03. The lowest BCUT2D eigenvalue weighted by Gasteiger charge is -2.09. The molecule has 4 nitrogen and oxygen atoms in total. The first-order valence-corrected chi connectivity index (χ1v) is 8.68. The van der Waals surface area contributed by atoms with Crippen molar-refractivity contribution < 1.29 is 8.42 Å². The molecule has 0 saturated heterocycles. The summed E-state index contributed by atoms with van der Waals surface area (Å²) in [6, 6.07) is 8.43. The highest BCUT2D eigenvalue weighted by molar-refractivity contribution is 9.10. The minimum atomic E-state index is -3.56. The van der Waals surface area contributed by atoms with E-state index < -0.39 is 10.0 Å². The van der Waals surface area contributed by atoms with Gasteiger partial charge in [0.05, 0.1) is 5.69 Å². The smallest absolute Gasteiger partial charge is 0.271 e. The van der Waals surface area contributed by atoms with Crippen molar-refractivity contribution in [2.75, 3.05) is 10.5 Å². The Hall–Kier alpha value is -1.05. The van der Waals surface area contributed by atoms with Gasteiger partial charge in [-0.25, -0.2) is 8.42 Å². The number of benzene rings is 1. The van der Waals surface area contributed by atoms with E-state index in [0.717, 1.165) is 11.3 Å². The Morgan fingerprint density at radius 2 is 2.05 bits per heavy atom. The van der Waals surface area contributed by atoms with Crippen molar-refractivity contribution in [3.05, 3.63) is 39.7 Å². The average molecular weight is 361 g/mol. The van der Waals surface area contributed by atoms with Gasteiger partial charge in [0.2, 0.25) is 0 Å². The summed E-state index contributed by atoms with van der Waals surface area (Å²) < 4.78 is 28.0. The molecule has 0 aliphatic carbocycles. The van der Waals surface area contributed by atoms with Crippen molar-refractivity contribution in [3.8, 4) is 0 Å². The minimum Gasteiger partial charge on any atom is -0.399 e. The monoisotopic (exact) mass is 360 g/mol. The van der Waals surface area contributed by atoms with Crippen molar-refractivity contribution in [3.63, 3.8) is 0 Å². The highest BCUT2D eigenvalue weighted by Gasteiger charge is 2.18. The number of aryl methyl sites for hydroxylation is 1. The van der Waals surface area contributed by atoms with Gasteiger partial charge in [-0.1, -0.05) is 6.92 Å². The third-order valence-electron chi connectivity index (χ3n) is 2.49. The summed E-state index contributed by atoms with van der Waals surface area (Å²) in [7, 11) is -3.56. The molecule has 19 heavy (non-hydrogen) atoms. The van der Waals surface area contributed by atoms with E-state index in [1.54, 1.807) is 24.3 Å². The molecule has 0 amide bonds. The predicted molar refractivity (Wildman–Crippen MR) is 83.1 cm³/mol. The molecule has 2 aromatic rings. The van der Waals surface area contributed by atoms with E-state index in [-0.39, 0.29) is 0 Å². The van der Waals surface area contributed by atoms with Gasteiger partial charge in [-0.2, -0.15) is 0 Å². The summed E-state index contributed by atoms with van der Waals surface area (Å²) in [6.45, 7) is 1.99. The molecule has 0 spiro atoms. The largest absolute Gasteiger partial charge is 0.399 e. The van der Waals surface area contributed by atoms with Crippen LogP contribution in [0.2, 0.25) is 0 Å². The van der Waals surface area contributed by atoms with Gasteiger partial charge in [-0.15, -0.1) is 11.3 Å². The second kappa shape index (κ2) is 5.52. The van der Waals surface area contributed by atoms with E-state index in [1.165, 1.54) is 11.3 Å². The molecule has 2 rings (SSSR count). The zero-order valence-corrected chi connectivity index (χ0v) is 13.4. The fourth-order valence-corrected chi connectivity index (χ4v) is 4.35. The molecule has 102 valence electrons. The van der Waals surface area contributed by atoms with E-state index in [0.29, 0.717) is 20.1 Å². The van der Waals surface area contributed by atoms with E-state index in [2.05, 4.69) is 20.7 Å². The molecule has 7 heteroatoms. The van der Waals surface area contributed by atoms with Gasteiger partial charge in [0.15, 0.2) is 0 Å². The topological polar surface area (TPSA) is 72.2 Å². The van der Waals surface area contributed by atoms with Crippen LogP contribution in [-0.2, 0) is 16.4 Å². The average Bonchev–Trinajstić information content (AvgIpc) is 2.83. The van der Waals surface area contributed by atoms with Crippen molar-refractivity contribution in [1.82, 2.24) is 0 Å². The molecule has 3 N–H and O–H groups in total. The molecule has 1 aromatic heterocycles. The van der Waals surface area contributed by atoms with Crippen LogP contribution in [0.1, 0.15) is 11.8 Å². The number of rotatable bonds is 4. The molecule has 0 fully saturated rings. The van der Waals surface area contributed by atoms with Crippen molar-refractivity contribution >= 4 is 48.7 Å². The molecular formula is C12H13BrN2O2S2. The number of nitrogens with one attached hydrogen (secondary N) is 1. The molecule has 0 saturated carbocycles. The predicted octanol–water partition coefficient (Wildman–Crippen LogP) is 3.46. The maximum absolute atomic E-state index is 12.2. The Bertz CT molecular complexity index is 696. The zero-order chi connectivity index (χ0) is 14.0. The highest BCUT2D eigenvalue weighted by atomic mass is 79.9. The summed E-state index contributed by atoms with van der Waals surface area (Å²) >= 11 is 4.57. The van der Waals surface area contributed by atoms with Crippen molar-refractivity contribution in [1.29, 1.82) is 0 Å². The van der Waals surface area contributed by atoms with E-state index in [1.807, 2.05) is 13.0 Å². The molecule has 0 radical (unpaired) electrons. The number of thiophene rings is 1. The quantitative estimate of drug-likeness (QED) is 0.820.